The molecule has 1 saturated heterocycles. The zero-order chi connectivity index (χ0) is 8.93. The molecule has 0 aliphatic carbocycles. The fourth-order valence-corrected chi connectivity index (χ4v) is 2.65. The van der Waals surface area contributed by atoms with Crippen molar-refractivity contribution in [3.05, 3.63) is 18.5 Å². The van der Waals surface area contributed by atoms with E-state index in [1.54, 1.807) is 12.4 Å². The minimum Gasteiger partial charge on any atom is -0.354 e. The summed E-state index contributed by atoms with van der Waals surface area (Å²) < 4.78 is 0. The molecule has 1 N–H and O–H groups in total. The highest BCUT2D eigenvalue weighted by Gasteiger charge is 2.14. The monoisotopic (exact) mass is 195 g/mol. The van der Waals surface area contributed by atoms with Gasteiger partial charge >= 0.3 is 0 Å². The summed E-state index contributed by atoms with van der Waals surface area (Å²) in [5, 5.41) is 3.25. The summed E-state index contributed by atoms with van der Waals surface area (Å²) in [5.41, 5.74) is 0. The van der Waals surface area contributed by atoms with Crippen molar-refractivity contribution in [2.24, 2.45) is 5.92 Å². The third-order valence-corrected chi connectivity index (χ3v) is 3.37. The third-order valence-electron chi connectivity index (χ3n) is 2.14. The summed E-state index contributed by atoms with van der Waals surface area (Å²) >= 11 is 2.04. The molecule has 0 aromatic carbocycles. The van der Waals surface area contributed by atoms with Gasteiger partial charge in [-0.3, -0.25) is 0 Å². The van der Waals surface area contributed by atoms with Gasteiger partial charge < -0.3 is 5.32 Å². The number of aromatic nitrogens is 2. The normalized spacial score (nSPS) is 21.7. The Bertz CT molecular complexity index is 246. The highest BCUT2D eigenvalue weighted by atomic mass is 32.2. The average Bonchev–Trinajstić information content (AvgIpc) is 2.69. The smallest absolute Gasteiger partial charge is 0.222 e. The molecule has 0 saturated carbocycles. The van der Waals surface area contributed by atoms with Crippen molar-refractivity contribution >= 4 is 17.7 Å². The molecule has 1 atom stereocenters. The Morgan fingerprint density at radius 1 is 1.46 bits per heavy atom. The van der Waals surface area contributed by atoms with Crippen molar-refractivity contribution in [3.8, 4) is 0 Å². The van der Waals surface area contributed by atoms with Crippen LogP contribution in [0.4, 0.5) is 5.95 Å². The summed E-state index contributed by atoms with van der Waals surface area (Å²) in [4.78, 5) is 8.22. The second kappa shape index (κ2) is 4.46. The third kappa shape index (κ3) is 2.59. The lowest BCUT2D eigenvalue weighted by Gasteiger charge is -2.08. The van der Waals surface area contributed by atoms with Crippen molar-refractivity contribution in [2.45, 2.75) is 6.42 Å². The predicted molar refractivity (Wildman–Crippen MR) is 56.0 cm³/mol. The lowest BCUT2D eigenvalue weighted by molar-refractivity contribution is 0.629. The van der Waals surface area contributed by atoms with Crippen LogP contribution in [0.1, 0.15) is 6.42 Å². The van der Waals surface area contributed by atoms with Crippen LogP contribution in [0.3, 0.4) is 0 Å². The van der Waals surface area contributed by atoms with E-state index in [0.717, 1.165) is 18.4 Å². The average molecular weight is 195 g/mol. The van der Waals surface area contributed by atoms with Crippen LogP contribution in [0, 0.1) is 5.92 Å². The summed E-state index contributed by atoms with van der Waals surface area (Å²) in [7, 11) is 0. The highest BCUT2D eigenvalue weighted by Crippen LogP contribution is 2.23. The second-order valence-corrected chi connectivity index (χ2v) is 4.33. The van der Waals surface area contributed by atoms with Crippen molar-refractivity contribution in [3.63, 3.8) is 0 Å². The highest BCUT2D eigenvalue weighted by molar-refractivity contribution is 7.99. The van der Waals surface area contributed by atoms with E-state index in [1.165, 1.54) is 17.9 Å². The van der Waals surface area contributed by atoms with Gasteiger partial charge in [-0.15, -0.1) is 0 Å². The summed E-state index contributed by atoms with van der Waals surface area (Å²) in [6.45, 7) is 1.01. The van der Waals surface area contributed by atoms with Crippen LogP contribution in [0.5, 0.6) is 0 Å². The lowest BCUT2D eigenvalue weighted by atomic mass is 10.1. The first-order valence-electron chi connectivity index (χ1n) is 4.54. The fourth-order valence-electron chi connectivity index (χ4n) is 1.37. The van der Waals surface area contributed by atoms with E-state index in [1.807, 2.05) is 17.8 Å². The maximum Gasteiger partial charge on any atom is 0.222 e. The van der Waals surface area contributed by atoms with Crippen LogP contribution in [0.15, 0.2) is 18.5 Å². The van der Waals surface area contributed by atoms with Gasteiger partial charge in [0.1, 0.15) is 0 Å². The Morgan fingerprint density at radius 3 is 3.00 bits per heavy atom. The molecule has 70 valence electrons. The van der Waals surface area contributed by atoms with E-state index in [4.69, 9.17) is 0 Å². The van der Waals surface area contributed by atoms with Gasteiger partial charge in [-0.05, 0) is 29.9 Å². The van der Waals surface area contributed by atoms with Gasteiger partial charge in [-0.2, -0.15) is 11.8 Å². The minimum absolute atomic E-state index is 0.749. The molecular weight excluding hydrogens is 182 g/mol. The summed E-state index contributed by atoms with van der Waals surface area (Å²) in [6.07, 6.45) is 4.85. The Kier molecular flexibility index (Phi) is 3.02. The Hall–Kier alpha value is -0.770. The van der Waals surface area contributed by atoms with Crippen LogP contribution in [-0.4, -0.2) is 28.0 Å². The van der Waals surface area contributed by atoms with Crippen LogP contribution in [0.25, 0.3) is 0 Å². The molecule has 13 heavy (non-hydrogen) atoms. The largest absolute Gasteiger partial charge is 0.354 e. The topological polar surface area (TPSA) is 37.8 Å². The summed E-state index contributed by atoms with van der Waals surface area (Å²) in [5.74, 6) is 4.13. The standard InChI is InChI=1S/C9H13N3S/c1-3-10-9(11-4-1)12-6-8-2-5-13-7-8/h1,3-4,8H,2,5-7H2,(H,10,11,12). The first kappa shape index (κ1) is 8.81. The van der Waals surface area contributed by atoms with E-state index in [9.17, 15) is 0 Å². The zero-order valence-electron chi connectivity index (χ0n) is 7.44. The molecule has 0 bridgehead atoms. The van der Waals surface area contributed by atoms with Crippen molar-refractivity contribution in [2.75, 3.05) is 23.4 Å². The van der Waals surface area contributed by atoms with Gasteiger partial charge in [-0.1, -0.05) is 0 Å². The SMILES string of the molecule is c1cnc(NCC2CCSC2)nc1. The molecule has 1 fully saturated rings. The number of thioether (sulfide) groups is 1. The van der Waals surface area contributed by atoms with E-state index >= 15 is 0 Å². The van der Waals surface area contributed by atoms with Gasteiger partial charge in [0.2, 0.25) is 5.95 Å². The van der Waals surface area contributed by atoms with Gasteiger partial charge in [0.05, 0.1) is 0 Å². The Labute approximate surface area is 82.4 Å². The van der Waals surface area contributed by atoms with Crippen LogP contribution in [0.2, 0.25) is 0 Å². The van der Waals surface area contributed by atoms with E-state index in [-0.39, 0.29) is 0 Å². The molecule has 2 rings (SSSR count). The number of rotatable bonds is 3. The van der Waals surface area contributed by atoms with Gasteiger partial charge in [0, 0.05) is 18.9 Å². The number of anilines is 1. The number of hydrogen-bond donors (Lipinski definition) is 1. The number of hydrogen-bond acceptors (Lipinski definition) is 4. The Morgan fingerprint density at radius 2 is 2.31 bits per heavy atom. The fraction of sp³-hybridized carbons (Fsp3) is 0.556. The van der Waals surface area contributed by atoms with Gasteiger partial charge in [0.15, 0.2) is 0 Å². The molecule has 0 spiro atoms. The quantitative estimate of drug-likeness (QED) is 0.795. The predicted octanol–water partition coefficient (Wildman–Crippen LogP) is 1.64. The van der Waals surface area contributed by atoms with Crippen molar-refractivity contribution < 1.29 is 0 Å². The van der Waals surface area contributed by atoms with Crippen LogP contribution < -0.4 is 5.32 Å². The van der Waals surface area contributed by atoms with Crippen molar-refractivity contribution in [1.82, 2.24) is 9.97 Å². The van der Waals surface area contributed by atoms with Gasteiger partial charge in [-0.25, -0.2) is 9.97 Å². The lowest BCUT2D eigenvalue weighted by Crippen LogP contribution is -2.14. The molecule has 0 radical (unpaired) electrons. The molecule has 1 aliphatic rings. The Balaban J connectivity index is 1.79. The molecule has 2 heterocycles. The number of nitrogens with one attached hydrogen (secondary N) is 1. The van der Waals surface area contributed by atoms with Gasteiger partial charge in [0.25, 0.3) is 0 Å². The zero-order valence-corrected chi connectivity index (χ0v) is 8.26. The molecule has 3 nitrogen and oxygen atoms in total. The molecule has 1 aromatic heterocycles. The van der Waals surface area contributed by atoms with Crippen LogP contribution in [-0.2, 0) is 0 Å². The minimum atomic E-state index is 0.749. The summed E-state index contributed by atoms with van der Waals surface area (Å²) in [6, 6.07) is 1.83. The van der Waals surface area contributed by atoms with E-state index in [0.29, 0.717) is 0 Å². The van der Waals surface area contributed by atoms with E-state index < -0.39 is 0 Å². The molecule has 1 unspecified atom stereocenters. The second-order valence-electron chi connectivity index (χ2n) is 3.18. The van der Waals surface area contributed by atoms with E-state index in [2.05, 4.69) is 15.3 Å². The molecular formula is C9H13N3S. The molecule has 1 aliphatic heterocycles. The number of nitrogens with zero attached hydrogens (tertiary/aromatic N) is 2. The molecule has 1 aromatic rings. The molecule has 4 heteroatoms. The maximum atomic E-state index is 4.11. The first-order valence-corrected chi connectivity index (χ1v) is 5.69. The maximum absolute atomic E-state index is 4.11. The van der Waals surface area contributed by atoms with Crippen LogP contribution >= 0.6 is 11.8 Å². The first-order chi connectivity index (χ1) is 6.45. The van der Waals surface area contributed by atoms with Crippen molar-refractivity contribution in [1.29, 1.82) is 0 Å². The molecule has 0 amide bonds.